The number of rotatable bonds is 4. The molecule has 2 rings (SSSR count). The van der Waals surface area contributed by atoms with E-state index < -0.39 is 0 Å². The zero-order valence-corrected chi connectivity index (χ0v) is 11.5. The lowest BCUT2D eigenvalue weighted by atomic mass is 10.1. The fraction of sp³-hybridized carbons (Fsp3) is 0.500. The molecular formula is C14H21N3S. The van der Waals surface area contributed by atoms with Crippen molar-refractivity contribution in [2.45, 2.75) is 12.8 Å². The van der Waals surface area contributed by atoms with Crippen LogP contribution in [-0.4, -0.2) is 42.0 Å². The maximum absolute atomic E-state index is 5.99. The highest BCUT2D eigenvalue weighted by Crippen LogP contribution is 2.08. The van der Waals surface area contributed by atoms with Crippen LogP contribution in [-0.2, 0) is 6.42 Å². The van der Waals surface area contributed by atoms with Gasteiger partial charge in [0.15, 0.2) is 5.96 Å². The van der Waals surface area contributed by atoms with E-state index in [-0.39, 0.29) is 0 Å². The molecule has 1 aromatic rings. The number of hydrogen-bond acceptors (Lipinski definition) is 2. The average molecular weight is 263 g/mol. The quantitative estimate of drug-likeness (QED) is 0.513. The molecule has 0 atom stereocenters. The first-order valence-corrected chi connectivity index (χ1v) is 7.68. The number of nitrogens with zero attached hydrogens (tertiary/aromatic N) is 2. The molecule has 3 nitrogen and oxygen atoms in total. The first kappa shape index (κ1) is 13.3. The molecule has 0 amide bonds. The monoisotopic (exact) mass is 263 g/mol. The predicted molar refractivity (Wildman–Crippen MR) is 80.2 cm³/mol. The first-order valence-electron chi connectivity index (χ1n) is 6.53. The number of benzene rings is 1. The van der Waals surface area contributed by atoms with Gasteiger partial charge in [0, 0.05) is 31.1 Å². The van der Waals surface area contributed by atoms with Gasteiger partial charge in [0.1, 0.15) is 0 Å². The van der Waals surface area contributed by atoms with Crippen molar-refractivity contribution in [2.24, 2.45) is 10.7 Å². The third-order valence-electron chi connectivity index (χ3n) is 3.08. The molecule has 1 fully saturated rings. The molecule has 18 heavy (non-hydrogen) atoms. The van der Waals surface area contributed by atoms with Crippen molar-refractivity contribution >= 4 is 17.7 Å². The van der Waals surface area contributed by atoms with Crippen LogP contribution >= 0.6 is 11.8 Å². The zero-order valence-electron chi connectivity index (χ0n) is 10.7. The van der Waals surface area contributed by atoms with E-state index >= 15 is 0 Å². The van der Waals surface area contributed by atoms with Crippen molar-refractivity contribution in [3.63, 3.8) is 0 Å². The number of hydrogen-bond donors (Lipinski definition) is 1. The van der Waals surface area contributed by atoms with Crippen LogP contribution in [0.15, 0.2) is 35.3 Å². The van der Waals surface area contributed by atoms with E-state index in [1.54, 1.807) is 0 Å². The van der Waals surface area contributed by atoms with Crippen molar-refractivity contribution in [1.82, 2.24) is 4.90 Å². The summed E-state index contributed by atoms with van der Waals surface area (Å²) in [4.78, 5) is 6.67. The van der Waals surface area contributed by atoms with Crippen molar-refractivity contribution in [3.05, 3.63) is 35.9 Å². The van der Waals surface area contributed by atoms with Gasteiger partial charge in [-0.3, -0.25) is 4.99 Å². The molecule has 1 heterocycles. The first-order chi connectivity index (χ1) is 8.86. The average Bonchev–Trinajstić information content (AvgIpc) is 2.45. The Morgan fingerprint density at radius 2 is 1.94 bits per heavy atom. The van der Waals surface area contributed by atoms with Gasteiger partial charge in [-0.1, -0.05) is 30.3 Å². The van der Waals surface area contributed by atoms with E-state index in [2.05, 4.69) is 34.2 Å². The number of aliphatic imine (C=N–C) groups is 1. The van der Waals surface area contributed by atoms with Gasteiger partial charge < -0.3 is 10.6 Å². The lowest BCUT2D eigenvalue weighted by Crippen LogP contribution is -2.42. The molecule has 0 aliphatic carbocycles. The zero-order chi connectivity index (χ0) is 12.6. The van der Waals surface area contributed by atoms with Gasteiger partial charge in [-0.25, -0.2) is 0 Å². The summed E-state index contributed by atoms with van der Waals surface area (Å²) in [5.41, 5.74) is 7.37. The lowest BCUT2D eigenvalue weighted by molar-refractivity contribution is 0.455. The van der Waals surface area contributed by atoms with Crippen LogP contribution in [0.5, 0.6) is 0 Å². The summed E-state index contributed by atoms with van der Waals surface area (Å²) in [7, 11) is 0. The van der Waals surface area contributed by atoms with Crippen LogP contribution in [0.25, 0.3) is 0 Å². The Kier molecular flexibility index (Phi) is 5.39. The fourth-order valence-corrected chi connectivity index (χ4v) is 2.92. The maximum atomic E-state index is 5.99. The molecule has 0 aromatic heterocycles. The van der Waals surface area contributed by atoms with Crippen molar-refractivity contribution in [3.8, 4) is 0 Å². The van der Waals surface area contributed by atoms with Crippen molar-refractivity contribution in [2.75, 3.05) is 31.1 Å². The summed E-state index contributed by atoms with van der Waals surface area (Å²) in [5, 5.41) is 0. The molecule has 2 N–H and O–H groups in total. The summed E-state index contributed by atoms with van der Waals surface area (Å²) >= 11 is 1.99. The van der Waals surface area contributed by atoms with E-state index in [1.165, 1.54) is 17.1 Å². The lowest BCUT2D eigenvalue weighted by Gasteiger charge is -2.27. The Labute approximate surface area is 113 Å². The van der Waals surface area contributed by atoms with Gasteiger partial charge >= 0.3 is 0 Å². The number of aryl methyl sites for hydroxylation is 1. The summed E-state index contributed by atoms with van der Waals surface area (Å²) in [5.74, 6) is 3.06. The van der Waals surface area contributed by atoms with Gasteiger partial charge in [0.2, 0.25) is 0 Å². The summed E-state index contributed by atoms with van der Waals surface area (Å²) in [6, 6.07) is 10.5. The highest BCUT2D eigenvalue weighted by Gasteiger charge is 2.11. The minimum Gasteiger partial charge on any atom is -0.370 e. The third kappa shape index (κ3) is 4.26. The molecule has 0 saturated carbocycles. The van der Waals surface area contributed by atoms with Gasteiger partial charge in [-0.05, 0) is 18.4 Å². The molecule has 1 aliphatic heterocycles. The van der Waals surface area contributed by atoms with Crippen LogP contribution < -0.4 is 5.73 Å². The van der Waals surface area contributed by atoms with E-state index in [0.717, 1.165) is 38.4 Å². The molecular weight excluding hydrogens is 242 g/mol. The highest BCUT2D eigenvalue weighted by atomic mass is 32.2. The molecule has 1 aromatic carbocycles. The number of nitrogens with two attached hydrogens (primary N) is 1. The molecule has 0 radical (unpaired) electrons. The summed E-state index contributed by atoms with van der Waals surface area (Å²) in [6.07, 6.45) is 2.14. The molecule has 98 valence electrons. The molecule has 4 heteroatoms. The van der Waals surface area contributed by atoms with E-state index in [0.29, 0.717) is 0 Å². The SMILES string of the molecule is NC(=NCCCc1ccccc1)N1CCSCC1. The van der Waals surface area contributed by atoms with E-state index in [4.69, 9.17) is 5.73 Å². The molecule has 0 bridgehead atoms. The number of thioether (sulfide) groups is 1. The predicted octanol–water partition coefficient (Wildman–Crippen LogP) is 1.98. The molecule has 0 spiro atoms. The van der Waals surface area contributed by atoms with Crippen molar-refractivity contribution in [1.29, 1.82) is 0 Å². The topological polar surface area (TPSA) is 41.6 Å². The van der Waals surface area contributed by atoms with Crippen LogP contribution in [0, 0.1) is 0 Å². The minimum absolute atomic E-state index is 0.725. The summed E-state index contributed by atoms with van der Waals surface area (Å²) < 4.78 is 0. The van der Waals surface area contributed by atoms with Crippen LogP contribution in [0.3, 0.4) is 0 Å². The van der Waals surface area contributed by atoms with E-state index in [1.807, 2.05) is 17.8 Å². The van der Waals surface area contributed by atoms with Crippen LogP contribution in [0.4, 0.5) is 0 Å². The van der Waals surface area contributed by atoms with Crippen molar-refractivity contribution < 1.29 is 0 Å². The Hall–Kier alpha value is -1.16. The second-order valence-corrected chi connectivity index (χ2v) is 5.65. The van der Waals surface area contributed by atoms with Crippen LogP contribution in [0.2, 0.25) is 0 Å². The van der Waals surface area contributed by atoms with Crippen LogP contribution in [0.1, 0.15) is 12.0 Å². The minimum atomic E-state index is 0.725. The maximum Gasteiger partial charge on any atom is 0.191 e. The van der Waals surface area contributed by atoms with E-state index in [9.17, 15) is 0 Å². The molecule has 0 unspecified atom stereocenters. The molecule has 1 aliphatic rings. The smallest absolute Gasteiger partial charge is 0.191 e. The largest absolute Gasteiger partial charge is 0.370 e. The Bertz CT molecular complexity index is 372. The highest BCUT2D eigenvalue weighted by molar-refractivity contribution is 7.99. The van der Waals surface area contributed by atoms with Gasteiger partial charge in [-0.2, -0.15) is 11.8 Å². The Balaban J connectivity index is 1.70. The fourth-order valence-electron chi connectivity index (χ4n) is 2.01. The number of guanidine groups is 1. The Morgan fingerprint density at radius 1 is 1.22 bits per heavy atom. The summed E-state index contributed by atoms with van der Waals surface area (Å²) in [6.45, 7) is 2.90. The standard InChI is InChI=1S/C14H21N3S/c15-14(17-9-11-18-12-10-17)16-8-4-7-13-5-2-1-3-6-13/h1-3,5-6H,4,7-12H2,(H2,15,16). The second-order valence-electron chi connectivity index (χ2n) is 4.43. The van der Waals surface area contributed by atoms with Gasteiger partial charge in [-0.15, -0.1) is 0 Å². The normalized spacial score (nSPS) is 16.9. The third-order valence-corrected chi connectivity index (χ3v) is 4.02. The van der Waals surface area contributed by atoms with Gasteiger partial charge in [0.25, 0.3) is 0 Å². The second kappa shape index (κ2) is 7.31. The van der Waals surface area contributed by atoms with Gasteiger partial charge in [0.05, 0.1) is 0 Å². The molecule has 1 saturated heterocycles. The Morgan fingerprint density at radius 3 is 2.67 bits per heavy atom.